The topological polar surface area (TPSA) is 23.4 Å². The Hall–Kier alpha value is -2.96. The monoisotopic (exact) mass is 629 g/mol. The zero-order valence-corrected chi connectivity index (χ0v) is 24.4. The van der Waals surface area contributed by atoms with Gasteiger partial charge in [-0.05, 0) is 70.8 Å². The number of methoxy groups -OCH3 is 1. The Morgan fingerprint density at radius 3 is 1.50 bits per heavy atom. The van der Waals surface area contributed by atoms with Crippen molar-refractivity contribution in [3.8, 4) is 0 Å². The molecule has 0 saturated heterocycles. The summed E-state index contributed by atoms with van der Waals surface area (Å²) in [6.45, 7) is 2.63. The molecule has 3 nitrogen and oxygen atoms in total. The van der Waals surface area contributed by atoms with Crippen LogP contribution < -0.4 is 0 Å². The fourth-order valence-corrected chi connectivity index (χ4v) is 5.05. The van der Waals surface area contributed by atoms with Gasteiger partial charge >= 0.3 is 0 Å². The molecule has 0 bridgehead atoms. The summed E-state index contributed by atoms with van der Waals surface area (Å²) in [5.74, 6) is 0. The van der Waals surface area contributed by atoms with Gasteiger partial charge in [0.1, 0.15) is 0 Å². The fraction of sp³-hybridized carbons (Fsp3) is 0.152. The van der Waals surface area contributed by atoms with E-state index in [2.05, 4.69) is 146 Å². The van der Waals surface area contributed by atoms with Crippen LogP contribution in [0.3, 0.4) is 0 Å². The summed E-state index contributed by atoms with van der Waals surface area (Å²) in [6.07, 6.45) is 8.67. The van der Waals surface area contributed by atoms with Crippen molar-refractivity contribution in [1.82, 2.24) is 4.57 Å². The fourth-order valence-electron chi connectivity index (χ4n) is 4.52. The number of rotatable bonds is 10. The van der Waals surface area contributed by atoms with E-state index in [1.807, 2.05) is 0 Å². The number of nitrogens with zero attached hydrogens (tertiary/aromatic N) is 1. The second-order valence-electron chi connectivity index (χ2n) is 9.08. The quantitative estimate of drug-likeness (QED) is 0.113. The molecule has 0 aliphatic heterocycles. The number of hydrogen-bond donors (Lipinski definition) is 0. The third-order valence-corrected chi connectivity index (χ3v) is 7.54. The average Bonchev–Trinajstić information content (AvgIpc) is 3.24. The van der Waals surface area contributed by atoms with Crippen LogP contribution in [0, 0.1) is 0 Å². The Morgan fingerprint density at radius 1 is 0.579 bits per heavy atom. The lowest BCUT2D eigenvalue weighted by Crippen LogP contribution is -2.09. The second kappa shape index (κ2) is 12.7. The van der Waals surface area contributed by atoms with E-state index in [1.165, 1.54) is 44.1 Å². The maximum Gasteiger partial charge on any atom is 0.0701 e. The molecule has 38 heavy (non-hydrogen) atoms. The Morgan fingerprint density at radius 2 is 1.03 bits per heavy atom. The van der Waals surface area contributed by atoms with Gasteiger partial charge in [-0.2, -0.15) is 0 Å². The van der Waals surface area contributed by atoms with Crippen LogP contribution in [0.1, 0.15) is 22.3 Å². The first-order valence-corrected chi connectivity index (χ1v) is 14.2. The molecule has 0 spiro atoms. The van der Waals surface area contributed by atoms with Crippen molar-refractivity contribution in [3.05, 3.63) is 116 Å². The molecule has 5 aromatic rings. The van der Waals surface area contributed by atoms with E-state index in [-0.39, 0.29) is 0 Å². The van der Waals surface area contributed by atoms with Gasteiger partial charge in [-0.3, -0.25) is 0 Å². The van der Waals surface area contributed by atoms with Crippen molar-refractivity contribution >= 4 is 78.0 Å². The number of halogens is 2. The summed E-state index contributed by atoms with van der Waals surface area (Å²) in [6, 6.07) is 30.1. The summed E-state index contributed by atoms with van der Waals surface area (Å²) in [4.78, 5) is 0. The van der Waals surface area contributed by atoms with E-state index >= 15 is 0 Å². The minimum absolute atomic E-state index is 0.601. The highest BCUT2D eigenvalue weighted by atomic mass is 79.9. The van der Waals surface area contributed by atoms with Crippen molar-refractivity contribution in [1.29, 1.82) is 0 Å². The number of benzene rings is 4. The summed E-state index contributed by atoms with van der Waals surface area (Å²) in [7, 11) is 1.70. The van der Waals surface area contributed by atoms with Gasteiger partial charge in [-0.15, -0.1) is 0 Å². The van der Waals surface area contributed by atoms with Gasteiger partial charge in [0, 0.05) is 44.4 Å². The largest absolute Gasteiger partial charge is 0.382 e. The molecule has 0 unspecified atom stereocenters. The SMILES string of the molecule is COCCOCCn1c2ccc(/C=C/c3ccc(Br)cc3)cc2c2cc(/C=C/c3ccc(Br)cc3)ccc21. The van der Waals surface area contributed by atoms with Crippen LogP contribution in [-0.4, -0.2) is 31.5 Å². The molecule has 0 aliphatic rings. The molecule has 4 aromatic carbocycles. The predicted molar refractivity (Wildman–Crippen MR) is 168 cm³/mol. The molecule has 0 aliphatic carbocycles. The number of fused-ring (bicyclic) bond motifs is 3. The molecule has 192 valence electrons. The second-order valence-corrected chi connectivity index (χ2v) is 10.9. The highest BCUT2D eigenvalue weighted by Gasteiger charge is 2.11. The standard InChI is InChI=1S/C33H29Br2NO2/c1-37-20-21-38-19-18-36-32-16-10-26(4-2-24-6-12-28(34)13-7-24)22-30(32)31-23-27(11-17-33(31)36)5-3-25-8-14-29(35)15-9-25/h2-17,22-23H,18-21H2,1H3/b4-2+,5-3+. The number of ether oxygens (including phenoxy) is 2. The minimum atomic E-state index is 0.601. The van der Waals surface area contributed by atoms with Crippen molar-refractivity contribution in [2.45, 2.75) is 6.54 Å². The first-order valence-electron chi connectivity index (χ1n) is 12.6. The van der Waals surface area contributed by atoms with Gasteiger partial charge in [0.2, 0.25) is 0 Å². The molecular weight excluding hydrogens is 602 g/mol. The van der Waals surface area contributed by atoms with Crippen LogP contribution >= 0.6 is 31.9 Å². The first-order chi connectivity index (χ1) is 18.6. The van der Waals surface area contributed by atoms with Crippen LogP contribution in [0.25, 0.3) is 46.1 Å². The lowest BCUT2D eigenvalue weighted by Gasteiger charge is -2.09. The van der Waals surface area contributed by atoms with Crippen LogP contribution in [0.2, 0.25) is 0 Å². The van der Waals surface area contributed by atoms with Crippen molar-refractivity contribution in [2.75, 3.05) is 26.9 Å². The van der Waals surface area contributed by atoms with Gasteiger partial charge in [0.05, 0.1) is 19.8 Å². The van der Waals surface area contributed by atoms with E-state index in [4.69, 9.17) is 9.47 Å². The third-order valence-electron chi connectivity index (χ3n) is 6.48. The molecule has 5 heteroatoms. The smallest absolute Gasteiger partial charge is 0.0701 e. The maximum atomic E-state index is 5.81. The summed E-state index contributed by atoms with van der Waals surface area (Å²) >= 11 is 7.02. The molecular formula is C33H29Br2NO2. The van der Waals surface area contributed by atoms with Crippen LogP contribution in [-0.2, 0) is 16.0 Å². The molecule has 0 radical (unpaired) electrons. The molecule has 0 fully saturated rings. The zero-order valence-electron chi connectivity index (χ0n) is 21.2. The van der Waals surface area contributed by atoms with E-state index < -0.39 is 0 Å². The van der Waals surface area contributed by atoms with E-state index in [0.717, 1.165) is 15.5 Å². The van der Waals surface area contributed by atoms with Crippen LogP contribution in [0.5, 0.6) is 0 Å². The maximum absolute atomic E-state index is 5.81. The van der Waals surface area contributed by atoms with E-state index in [1.54, 1.807) is 7.11 Å². The normalized spacial score (nSPS) is 12.0. The van der Waals surface area contributed by atoms with E-state index in [0.29, 0.717) is 19.8 Å². The minimum Gasteiger partial charge on any atom is -0.382 e. The van der Waals surface area contributed by atoms with E-state index in [9.17, 15) is 0 Å². The average molecular weight is 631 g/mol. The van der Waals surface area contributed by atoms with Crippen molar-refractivity contribution in [2.24, 2.45) is 0 Å². The predicted octanol–water partition coefficient (Wildman–Crippen LogP) is 9.32. The molecule has 1 aromatic heterocycles. The molecule has 0 amide bonds. The lowest BCUT2D eigenvalue weighted by atomic mass is 10.1. The summed E-state index contributed by atoms with van der Waals surface area (Å²) in [5.41, 5.74) is 7.11. The molecule has 5 rings (SSSR count). The van der Waals surface area contributed by atoms with Gasteiger partial charge in [0.25, 0.3) is 0 Å². The third kappa shape index (κ3) is 6.54. The molecule has 0 N–H and O–H groups in total. The highest BCUT2D eigenvalue weighted by molar-refractivity contribution is 9.10. The Balaban J connectivity index is 1.50. The van der Waals surface area contributed by atoms with Crippen molar-refractivity contribution in [3.63, 3.8) is 0 Å². The van der Waals surface area contributed by atoms with Crippen LogP contribution in [0.4, 0.5) is 0 Å². The summed E-state index contributed by atoms with van der Waals surface area (Å²) < 4.78 is 15.5. The van der Waals surface area contributed by atoms with Gasteiger partial charge in [-0.1, -0.05) is 92.6 Å². The van der Waals surface area contributed by atoms with Crippen LogP contribution in [0.15, 0.2) is 93.9 Å². The highest BCUT2D eigenvalue weighted by Crippen LogP contribution is 2.32. The van der Waals surface area contributed by atoms with Gasteiger partial charge in [-0.25, -0.2) is 0 Å². The molecule has 1 heterocycles. The Labute approximate surface area is 240 Å². The Bertz CT molecular complexity index is 1470. The molecule has 0 atom stereocenters. The summed E-state index contributed by atoms with van der Waals surface area (Å²) in [5, 5.41) is 2.49. The zero-order chi connectivity index (χ0) is 26.3. The first kappa shape index (κ1) is 26.6. The number of hydrogen-bond acceptors (Lipinski definition) is 2. The molecule has 0 saturated carbocycles. The van der Waals surface area contributed by atoms with Gasteiger partial charge in [0.15, 0.2) is 0 Å². The van der Waals surface area contributed by atoms with Crippen molar-refractivity contribution < 1.29 is 9.47 Å². The van der Waals surface area contributed by atoms with Gasteiger partial charge < -0.3 is 14.0 Å². The lowest BCUT2D eigenvalue weighted by molar-refractivity contribution is 0.0673. The Kier molecular flexibility index (Phi) is 8.92. The number of aromatic nitrogens is 1.